The Balaban J connectivity index is 2.15. The van der Waals surface area contributed by atoms with Crippen molar-refractivity contribution < 1.29 is 17.9 Å². The average molecular weight is 316 g/mol. The van der Waals surface area contributed by atoms with E-state index in [2.05, 4.69) is 0 Å². The van der Waals surface area contributed by atoms with Crippen molar-refractivity contribution in [2.45, 2.75) is 31.9 Å². The molecule has 118 valence electrons. The Morgan fingerprint density at radius 3 is 2.38 bits per heavy atom. The molecule has 1 aliphatic rings. The zero-order chi connectivity index (χ0) is 15.6. The highest BCUT2D eigenvalue weighted by atomic mass is 32.2. The van der Waals surface area contributed by atoms with Gasteiger partial charge in [-0.3, -0.25) is 0 Å². The van der Waals surface area contributed by atoms with Crippen molar-refractivity contribution in [3.63, 3.8) is 0 Å². The molecule has 1 N–H and O–H groups in total. The molecule has 1 aromatic rings. The third-order valence-electron chi connectivity index (χ3n) is 3.70. The number of hydrogen-bond donors (Lipinski definition) is 1. The van der Waals surface area contributed by atoms with Gasteiger partial charge in [-0.15, -0.1) is 0 Å². The molecule has 0 spiro atoms. The number of halogens is 1. The second kappa shape index (κ2) is 6.39. The zero-order valence-electron chi connectivity index (χ0n) is 12.2. The van der Waals surface area contributed by atoms with Crippen molar-refractivity contribution >= 4 is 10.2 Å². The Kier molecular flexibility index (Phi) is 4.98. The standard InChI is InChI=1S/C14H21FN2O3S/c1-3-16(2)21(19,20)17(13-8-9-13)10-14(18)11-4-6-12(15)7-5-11/h4-7,13-14,18H,3,8-10H2,1-2H3/t14-/m0/s1. The van der Waals surface area contributed by atoms with E-state index in [0.717, 1.165) is 12.8 Å². The van der Waals surface area contributed by atoms with E-state index in [0.29, 0.717) is 12.1 Å². The molecular weight excluding hydrogens is 295 g/mol. The smallest absolute Gasteiger partial charge is 0.282 e. The van der Waals surface area contributed by atoms with E-state index in [4.69, 9.17) is 0 Å². The van der Waals surface area contributed by atoms with Crippen LogP contribution >= 0.6 is 0 Å². The van der Waals surface area contributed by atoms with E-state index >= 15 is 0 Å². The molecule has 0 heterocycles. The maximum absolute atomic E-state index is 12.9. The largest absolute Gasteiger partial charge is 0.387 e. The van der Waals surface area contributed by atoms with Crippen LogP contribution in [-0.4, -0.2) is 48.3 Å². The fourth-order valence-corrected chi connectivity index (χ4v) is 3.70. The van der Waals surface area contributed by atoms with E-state index in [1.165, 1.54) is 39.9 Å². The molecule has 1 atom stereocenters. The molecule has 1 fully saturated rings. The summed E-state index contributed by atoms with van der Waals surface area (Å²) in [4.78, 5) is 0. The van der Waals surface area contributed by atoms with Gasteiger partial charge in [0.05, 0.1) is 6.10 Å². The maximum atomic E-state index is 12.9. The minimum absolute atomic E-state index is 0.0109. The normalized spacial score (nSPS) is 17.4. The van der Waals surface area contributed by atoms with Gasteiger partial charge in [-0.1, -0.05) is 19.1 Å². The van der Waals surface area contributed by atoms with Crippen LogP contribution in [0.25, 0.3) is 0 Å². The van der Waals surface area contributed by atoms with Gasteiger partial charge < -0.3 is 5.11 Å². The van der Waals surface area contributed by atoms with Crippen molar-refractivity contribution in [3.8, 4) is 0 Å². The monoisotopic (exact) mass is 316 g/mol. The van der Waals surface area contributed by atoms with Crippen LogP contribution in [0, 0.1) is 5.82 Å². The highest BCUT2D eigenvalue weighted by Crippen LogP contribution is 2.32. The summed E-state index contributed by atoms with van der Waals surface area (Å²) in [5.41, 5.74) is 0.511. The molecule has 5 nitrogen and oxygen atoms in total. The molecule has 1 saturated carbocycles. The molecule has 0 saturated heterocycles. The van der Waals surface area contributed by atoms with Gasteiger partial charge in [0, 0.05) is 26.2 Å². The van der Waals surface area contributed by atoms with Crippen LogP contribution in [0.4, 0.5) is 4.39 Å². The van der Waals surface area contributed by atoms with Crippen LogP contribution in [0.2, 0.25) is 0 Å². The van der Waals surface area contributed by atoms with E-state index < -0.39 is 16.3 Å². The van der Waals surface area contributed by atoms with Crippen LogP contribution < -0.4 is 0 Å². The third-order valence-corrected chi connectivity index (χ3v) is 5.78. The van der Waals surface area contributed by atoms with Crippen molar-refractivity contribution in [3.05, 3.63) is 35.6 Å². The summed E-state index contributed by atoms with van der Waals surface area (Å²) in [6.45, 7) is 2.13. The first-order valence-electron chi connectivity index (χ1n) is 7.03. The van der Waals surface area contributed by atoms with Gasteiger partial charge in [0.15, 0.2) is 0 Å². The van der Waals surface area contributed by atoms with E-state index in [-0.39, 0.29) is 18.4 Å². The Morgan fingerprint density at radius 2 is 1.90 bits per heavy atom. The number of benzene rings is 1. The highest BCUT2D eigenvalue weighted by molar-refractivity contribution is 7.86. The summed E-state index contributed by atoms with van der Waals surface area (Å²) < 4.78 is 40.4. The average Bonchev–Trinajstić information content (AvgIpc) is 3.28. The summed E-state index contributed by atoms with van der Waals surface area (Å²) in [5.74, 6) is -0.386. The lowest BCUT2D eigenvalue weighted by atomic mass is 10.1. The number of rotatable bonds is 7. The van der Waals surface area contributed by atoms with Crippen LogP contribution in [0.5, 0.6) is 0 Å². The van der Waals surface area contributed by atoms with Crippen LogP contribution in [0.3, 0.4) is 0 Å². The maximum Gasteiger partial charge on any atom is 0.282 e. The summed E-state index contributed by atoms with van der Waals surface area (Å²) in [7, 11) is -2.04. The van der Waals surface area contributed by atoms with Crippen molar-refractivity contribution in [1.82, 2.24) is 8.61 Å². The molecule has 0 aromatic heterocycles. The van der Waals surface area contributed by atoms with Gasteiger partial charge >= 0.3 is 0 Å². The third kappa shape index (κ3) is 3.79. The molecule has 2 rings (SSSR count). The lowest BCUT2D eigenvalue weighted by Crippen LogP contribution is -2.44. The Hall–Kier alpha value is -1.02. The molecule has 0 bridgehead atoms. The first-order chi connectivity index (χ1) is 9.86. The predicted octanol–water partition coefficient (Wildman–Crippen LogP) is 1.52. The second-order valence-corrected chi connectivity index (χ2v) is 7.28. The van der Waals surface area contributed by atoms with Gasteiger partial charge in [-0.25, -0.2) is 4.39 Å². The number of aliphatic hydroxyl groups excluding tert-OH is 1. The van der Waals surface area contributed by atoms with Gasteiger partial charge in [-0.2, -0.15) is 17.0 Å². The zero-order valence-corrected chi connectivity index (χ0v) is 13.1. The molecule has 0 aliphatic heterocycles. The Bertz CT molecular complexity index is 572. The lowest BCUT2D eigenvalue weighted by molar-refractivity contribution is 0.142. The van der Waals surface area contributed by atoms with Gasteiger partial charge in [0.1, 0.15) is 5.82 Å². The minimum atomic E-state index is -3.57. The van der Waals surface area contributed by atoms with E-state index in [1.807, 2.05) is 0 Å². The number of hydrogen-bond acceptors (Lipinski definition) is 3. The quantitative estimate of drug-likeness (QED) is 0.830. The van der Waals surface area contributed by atoms with Crippen LogP contribution in [0.1, 0.15) is 31.4 Å². The summed E-state index contributed by atoms with van der Waals surface area (Å²) >= 11 is 0. The molecule has 7 heteroatoms. The fraction of sp³-hybridized carbons (Fsp3) is 0.571. The minimum Gasteiger partial charge on any atom is -0.387 e. The lowest BCUT2D eigenvalue weighted by Gasteiger charge is -2.28. The molecular formula is C14H21FN2O3S. The summed E-state index contributed by atoms with van der Waals surface area (Å²) in [5, 5.41) is 10.2. The SMILES string of the molecule is CCN(C)S(=O)(=O)N(C[C@H](O)c1ccc(F)cc1)C1CC1. The molecule has 21 heavy (non-hydrogen) atoms. The molecule has 0 amide bonds. The topological polar surface area (TPSA) is 60.9 Å². The number of nitrogens with zero attached hydrogens (tertiary/aromatic N) is 2. The van der Waals surface area contributed by atoms with Crippen molar-refractivity contribution in [2.24, 2.45) is 0 Å². The Morgan fingerprint density at radius 1 is 1.33 bits per heavy atom. The molecule has 1 aliphatic carbocycles. The Labute approximate surface area is 125 Å². The first kappa shape index (κ1) is 16.4. The fourth-order valence-electron chi connectivity index (χ4n) is 2.10. The molecule has 1 aromatic carbocycles. The molecule has 0 unspecified atom stereocenters. The number of aliphatic hydroxyl groups is 1. The van der Waals surface area contributed by atoms with Gasteiger partial charge in [0.2, 0.25) is 0 Å². The van der Waals surface area contributed by atoms with E-state index in [1.54, 1.807) is 6.92 Å². The van der Waals surface area contributed by atoms with Crippen molar-refractivity contribution in [2.75, 3.05) is 20.1 Å². The first-order valence-corrected chi connectivity index (χ1v) is 8.42. The van der Waals surface area contributed by atoms with Crippen molar-refractivity contribution in [1.29, 1.82) is 0 Å². The van der Waals surface area contributed by atoms with E-state index in [9.17, 15) is 17.9 Å². The predicted molar refractivity (Wildman–Crippen MR) is 78.3 cm³/mol. The molecule has 0 radical (unpaired) electrons. The van der Waals surface area contributed by atoms with Crippen LogP contribution in [0.15, 0.2) is 24.3 Å². The van der Waals surface area contributed by atoms with Gasteiger partial charge in [0.25, 0.3) is 10.2 Å². The van der Waals surface area contributed by atoms with Crippen LogP contribution in [-0.2, 0) is 10.2 Å². The second-order valence-electron chi connectivity index (χ2n) is 5.29. The highest BCUT2D eigenvalue weighted by Gasteiger charge is 2.40. The summed E-state index contributed by atoms with van der Waals surface area (Å²) in [6.07, 6.45) is 0.658. The summed E-state index contributed by atoms with van der Waals surface area (Å²) in [6, 6.07) is 5.42. The van der Waals surface area contributed by atoms with Gasteiger partial charge in [-0.05, 0) is 30.5 Å².